The van der Waals surface area contributed by atoms with E-state index in [4.69, 9.17) is 0 Å². The van der Waals surface area contributed by atoms with E-state index in [0.29, 0.717) is 12.1 Å². The molecule has 1 saturated heterocycles. The van der Waals surface area contributed by atoms with Gasteiger partial charge in [-0.1, -0.05) is 49.4 Å². The predicted octanol–water partition coefficient (Wildman–Crippen LogP) is 3.41. The van der Waals surface area contributed by atoms with Gasteiger partial charge in [0.15, 0.2) is 0 Å². The summed E-state index contributed by atoms with van der Waals surface area (Å²) >= 11 is 0. The number of para-hydroxylation sites is 2. The predicted molar refractivity (Wildman–Crippen MR) is 96.0 cm³/mol. The molecule has 4 nitrogen and oxygen atoms in total. The fourth-order valence-electron chi connectivity index (χ4n) is 3.38. The van der Waals surface area contributed by atoms with E-state index in [1.807, 2.05) is 25.1 Å². The number of anilines is 1. The molecule has 1 aliphatic heterocycles. The summed E-state index contributed by atoms with van der Waals surface area (Å²) in [5.74, 6) is 0.226. The Morgan fingerprint density at radius 3 is 2.58 bits per heavy atom. The zero-order valence-electron chi connectivity index (χ0n) is 14.1. The van der Waals surface area contributed by atoms with Gasteiger partial charge >= 0.3 is 0 Å². The maximum Gasteiger partial charge on any atom is 0.227 e. The minimum Gasteiger partial charge on any atom is -0.506 e. The van der Waals surface area contributed by atoms with Crippen LogP contribution in [0.3, 0.4) is 0 Å². The van der Waals surface area contributed by atoms with Crippen LogP contribution in [0, 0.1) is 0 Å². The highest BCUT2D eigenvalue weighted by atomic mass is 16.3. The van der Waals surface area contributed by atoms with Crippen LogP contribution in [0.25, 0.3) is 0 Å². The molecule has 1 atom stereocenters. The first-order valence-electron chi connectivity index (χ1n) is 8.55. The highest BCUT2D eigenvalue weighted by Crippen LogP contribution is 2.31. The molecular formula is C20H24N2O2. The van der Waals surface area contributed by atoms with Gasteiger partial charge in [0.05, 0.1) is 11.7 Å². The summed E-state index contributed by atoms with van der Waals surface area (Å²) in [6.45, 7) is 4.55. The Morgan fingerprint density at radius 1 is 1.17 bits per heavy atom. The molecular weight excluding hydrogens is 300 g/mol. The van der Waals surface area contributed by atoms with Gasteiger partial charge in [0.2, 0.25) is 5.91 Å². The standard InChI is InChI=1S/C20H24N2O2/c1-2-20(24)22(18-10-6-7-11-19(18)23)17-12-13-21(15-17)14-16-8-4-3-5-9-16/h3-11,17,23H,2,12-15H2,1H3. The number of aromatic hydroxyl groups is 1. The molecule has 0 bridgehead atoms. The summed E-state index contributed by atoms with van der Waals surface area (Å²) in [7, 11) is 0. The highest BCUT2D eigenvalue weighted by Gasteiger charge is 2.32. The zero-order chi connectivity index (χ0) is 16.9. The quantitative estimate of drug-likeness (QED) is 0.916. The molecule has 1 heterocycles. The molecule has 0 aromatic heterocycles. The van der Waals surface area contributed by atoms with Crippen molar-refractivity contribution in [2.24, 2.45) is 0 Å². The average Bonchev–Trinajstić information content (AvgIpc) is 3.05. The summed E-state index contributed by atoms with van der Waals surface area (Å²) in [5.41, 5.74) is 1.91. The van der Waals surface area contributed by atoms with E-state index in [2.05, 4.69) is 29.2 Å². The summed E-state index contributed by atoms with van der Waals surface area (Å²) < 4.78 is 0. The van der Waals surface area contributed by atoms with E-state index in [-0.39, 0.29) is 17.7 Å². The van der Waals surface area contributed by atoms with Crippen molar-refractivity contribution in [3.05, 3.63) is 60.2 Å². The largest absolute Gasteiger partial charge is 0.506 e. The molecule has 3 rings (SSSR count). The molecule has 0 aliphatic carbocycles. The number of carbonyl (C=O) groups is 1. The van der Waals surface area contributed by atoms with E-state index in [1.165, 1.54) is 5.56 Å². The number of amides is 1. The van der Waals surface area contributed by atoms with E-state index in [0.717, 1.165) is 26.1 Å². The Labute approximate surface area is 143 Å². The summed E-state index contributed by atoms with van der Waals surface area (Å²) in [4.78, 5) is 16.7. The van der Waals surface area contributed by atoms with E-state index < -0.39 is 0 Å². The Morgan fingerprint density at radius 2 is 1.88 bits per heavy atom. The molecule has 0 saturated carbocycles. The Bertz CT molecular complexity index is 687. The van der Waals surface area contributed by atoms with Crippen molar-refractivity contribution >= 4 is 11.6 Å². The topological polar surface area (TPSA) is 43.8 Å². The van der Waals surface area contributed by atoms with Gasteiger partial charge in [0.1, 0.15) is 5.75 Å². The fraction of sp³-hybridized carbons (Fsp3) is 0.350. The minimum absolute atomic E-state index is 0.0584. The van der Waals surface area contributed by atoms with Crippen molar-refractivity contribution in [1.82, 2.24) is 4.90 Å². The Kier molecular flexibility index (Phi) is 5.16. The number of carbonyl (C=O) groups excluding carboxylic acids is 1. The van der Waals surface area contributed by atoms with Crippen molar-refractivity contribution < 1.29 is 9.90 Å². The SMILES string of the molecule is CCC(=O)N(c1ccccc1O)C1CCN(Cc2ccccc2)C1. The van der Waals surface area contributed by atoms with Crippen LogP contribution < -0.4 is 4.90 Å². The van der Waals surface area contributed by atoms with Crippen LogP contribution in [0.5, 0.6) is 5.75 Å². The molecule has 24 heavy (non-hydrogen) atoms. The number of likely N-dealkylation sites (tertiary alicyclic amines) is 1. The van der Waals surface area contributed by atoms with Crippen molar-refractivity contribution in [3.8, 4) is 5.75 Å². The highest BCUT2D eigenvalue weighted by molar-refractivity contribution is 5.95. The molecule has 0 spiro atoms. The molecule has 2 aromatic rings. The van der Waals surface area contributed by atoms with Gasteiger partial charge in [-0.15, -0.1) is 0 Å². The third-order valence-corrected chi connectivity index (χ3v) is 4.57. The first-order chi connectivity index (χ1) is 11.7. The second kappa shape index (κ2) is 7.49. The minimum atomic E-state index is 0.0584. The Balaban J connectivity index is 1.75. The van der Waals surface area contributed by atoms with Gasteiger partial charge in [-0.05, 0) is 24.1 Å². The monoisotopic (exact) mass is 324 g/mol. The molecule has 1 unspecified atom stereocenters. The van der Waals surface area contributed by atoms with Crippen LogP contribution in [0.2, 0.25) is 0 Å². The van der Waals surface area contributed by atoms with Crippen LogP contribution in [0.4, 0.5) is 5.69 Å². The molecule has 4 heteroatoms. The third kappa shape index (κ3) is 3.60. The van der Waals surface area contributed by atoms with Crippen LogP contribution in [-0.4, -0.2) is 35.0 Å². The smallest absolute Gasteiger partial charge is 0.227 e. The summed E-state index contributed by atoms with van der Waals surface area (Å²) in [5, 5.41) is 10.2. The first-order valence-corrected chi connectivity index (χ1v) is 8.55. The lowest BCUT2D eigenvalue weighted by Crippen LogP contribution is -2.42. The molecule has 1 amide bonds. The number of hydrogen-bond donors (Lipinski definition) is 1. The van der Waals surface area contributed by atoms with Crippen LogP contribution >= 0.6 is 0 Å². The molecule has 1 N–H and O–H groups in total. The normalized spacial score (nSPS) is 17.8. The third-order valence-electron chi connectivity index (χ3n) is 4.57. The Hall–Kier alpha value is -2.33. The second-order valence-corrected chi connectivity index (χ2v) is 6.27. The van der Waals surface area contributed by atoms with E-state index >= 15 is 0 Å². The number of hydrogen-bond acceptors (Lipinski definition) is 3. The second-order valence-electron chi connectivity index (χ2n) is 6.27. The summed E-state index contributed by atoms with van der Waals surface area (Å²) in [6, 6.07) is 17.6. The van der Waals surface area contributed by atoms with Gasteiger partial charge in [-0.2, -0.15) is 0 Å². The maximum atomic E-state index is 12.5. The number of nitrogens with zero attached hydrogens (tertiary/aromatic N) is 2. The lowest BCUT2D eigenvalue weighted by atomic mass is 10.1. The number of benzene rings is 2. The van der Waals surface area contributed by atoms with E-state index in [1.54, 1.807) is 17.0 Å². The fourth-order valence-corrected chi connectivity index (χ4v) is 3.38. The summed E-state index contributed by atoms with van der Waals surface area (Å²) in [6.07, 6.45) is 1.36. The first kappa shape index (κ1) is 16.5. The van der Waals surface area contributed by atoms with Gasteiger partial charge in [0.25, 0.3) is 0 Å². The molecule has 1 aliphatic rings. The van der Waals surface area contributed by atoms with Crippen molar-refractivity contribution in [1.29, 1.82) is 0 Å². The van der Waals surface area contributed by atoms with Gasteiger partial charge in [-0.25, -0.2) is 0 Å². The van der Waals surface area contributed by atoms with Gasteiger partial charge in [0, 0.05) is 26.1 Å². The lowest BCUT2D eigenvalue weighted by molar-refractivity contribution is -0.118. The number of phenolic OH excluding ortho intramolecular Hbond substituents is 1. The number of phenols is 1. The van der Waals surface area contributed by atoms with E-state index in [9.17, 15) is 9.90 Å². The zero-order valence-corrected chi connectivity index (χ0v) is 14.1. The average molecular weight is 324 g/mol. The molecule has 126 valence electrons. The van der Waals surface area contributed by atoms with Crippen molar-refractivity contribution in [3.63, 3.8) is 0 Å². The molecule has 1 fully saturated rings. The maximum absolute atomic E-state index is 12.5. The number of rotatable bonds is 5. The van der Waals surface area contributed by atoms with Gasteiger partial charge < -0.3 is 10.0 Å². The molecule has 0 radical (unpaired) electrons. The lowest BCUT2D eigenvalue weighted by Gasteiger charge is -2.29. The molecule has 2 aromatic carbocycles. The van der Waals surface area contributed by atoms with Crippen LogP contribution in [-0.2, 0) is 11.3 Å². The van der Waals surface area contributed by atoms with Crippen LogP contribution in [0.15, 0.2) is 54.6 Å². The van der Waals surface area contributed by atoms with Crippen molar-refractivity contribution in [2.45, 2.75) is 32.4 Å². The van der Waals surface area contributed by atoms with Crippen LogP contribution in [0.1, 0.15) is 25.3 Å². The van der Waals surface area contributed by atoms with Crippen molar-refractivity contribution in [2.75, 3.05) is 18.0 Å². The van der Waals surface area contributed by atoms with Gasteiger partial charge in [-0.3, -0.25) is 9.69 Å².